The number of benzene rings is 2. The smallest absolute Gasteiger partial charge is 0.409 e. The van der Waals surface area contributed by atoms with E-state index >= 15 is 0 Å². The van der Waals surface area contributed by atoms with Crippen molar-refractivity contribution < 1.29 is 26.2 Å². The molecule has 2 aliphatic rings. The van der Waals surface area contributed by atoms with Gasteiger partial charge in [0.25, 0.3) is 0 Å². The van der Waals surface area contributed by atoms with E-state index in [4.69, 9.17) is 0 Å². The first-order chi connectivity index (χ1) is 17.5. The fraction of sp³-hybridized carbons (Fsp3) is 0.412. The van der Waals surface area contributed by atoms with Crippen molar-refractivity contribution in [2.75, 3.05) is 9.96 Å². The summed E-state index contributed by atoms with van der Waals surface area (Å²) >= 11 is 0. The Morgan fingerprint density at radius 2 is 0.821 bits per heavy atom. The molecule has 0 fully saturated rings. The Bertz CT molecular complexity index is 1180. The summed E-state index contributed by atoms with van der Waals surface area (Å²) in [6.45, 7) is 27.4. The molecule has 2 aliphatic carbocycles. The maximum absolute atomic E-state index is 3.75. The third-order valence-electron chi connectivity index (χ3n) is 8.34. The minimum Gasteiger partial charge on any atom is -0.409 e. The van der Waals surface area contributed by atoms with Crippen molar-refractivity contribution in [2.24, 2.45) is 10.8 Å². The molecular formula is C34H48N2Si2Zr. The van der Waals surface area contributed by atoms with Gasteiger partial charge in [0, 0.05) is 11.4 Å². The second kappa shape index (κ2) is 12.5. The average molecular weight is 632 g/mol. The summed E-state index contributed by atoms with van der Waals surface area (Å²) in [6.07, 6.45) is 7.46. The van der Waals surface area contributed by atoms with Gasteiger partial charge in [-0.3, -0.25) is 12.2 Å². The van der Waals surface area contributed by atoms with E-state index in [0.717, 1.165) is 0 Å². The quantitative estimate of drug-likeness (QED) is 0.245. The Morgan fingerprint density at radius 3 is 1.05 bits per heavy atom. The van der Waals surface area contributed by atoms with Crippen LogP contribution in [0.1, 0.15) is 55.4 Å². The second-order valence-electron chi connectivity index (χ2n) is 13.0. The summed E-state index contributed by atoms with van der Waals surface area (Å²) in [4.78, 5) is 7.51. The van der Waals surface area contributed by atoms with Gasteiger partial charge in [0.1, 0.15) is 16.5 Å². The number of anilines is 2. The molecule has 0 aromatic heterocycles. The van der Waals surface area contributed by atoms with Crippen molar-refractivity contribution in [2.45, 2.75) is 81.6 Å². The van der Waals surface area contributed by atoms with Crippen LogP contribution in [0.15, 0.2) is 93.3 Å². The number of para-hydroxylation sites is 2. The van der Waals surface area contributed by atoms with E-state index < -0.39 is 16.5 Å². The van der Waals surface area contributed by atoms with Crippen LogP contribution in [-0.2, 0) is 26.2 Å². The van der Waals surface area contributed by atoms with Crippen molar-refractivity contribution in [1.29, 1.82) is 0 Å². The van der Waals surface area contributed by atoms with Crippen molar-refractivity contribution in [3.05, 3.63) is 106 Å². The molecule has 0 heterocycles. The van der Waals surface area contributed by atoms with Crippen molar-refractivity contribution >= 4 is 27.8 Å². The van der Waals surface area contributed by atoms with Gasteiger partial charge < -0.3 is 9.96 Å². The maximum atomic E-state index is 3.75. The molecule has 2 aromatic carbocycles. The van der Waals surface area contributed by atoms with E-state index in [1.54, 1.807) is 0 Å². The molecule has 0 saturated heterocycles. The fourth-order valence-corrected chi connectivity index (χ4v) is 11.0. The zero-order valence-electron chi connectivity index (χ0n) is 26.3. The molecule has 0 atom stereocenters. The molecule has 0 unspecified atom stereocenters. The second-order valence-corrected chi connectivity index (χ2v) is 21.0. The maximum Gasteiger partial charge on any atom is 2.00 e. The molecule has 5 heteroatoms. The predicted octanol–water partition coefficient (Wildman–Crippen LogP) is 9.89. The Labute approximate surface area is 260 Å². The Hall–Kier alpha value is -1.68. The molecule has 0 bridgehead atoms. The topological polar surface area (TPSA) is 24.1 Å². The molecule has 0 spiro atoms. The van der Waals surface area contributed by atoms with E-state index in [1.807, 2.05) is 0 Å². The number of allylic oxidation sites excluding steroid dienone is 8. The van der Waals surface area contributed by atoms with Gasteiger partial charge in [-0.1, -0.05) is 88.8 Å². The van der Waals surface area contributed by atoms with Gasteiger partial charge in [0.05, 0.1) is 0 Å². The van der Waals surface area contributed by atoms with Crippen LogP contribution in [0.25, 0.3) is 0 Å². The minimum atomic E-state index is -1.71. The van der Waals surface area contributed by atoms with Gasteiger partial charge in [0.15, 0.2) is 0 Å². The SMILES string of the molecule is CC1=C(C)C(C)(C)[C-]=C1[Si](C)(C)Nc1ccccc1.CC1=C(C)C(C)(C)[C-]=C1[Si](C)(C)Nc1ccccc1.[Zr+2]. The number of hydrogen-bond acceptors (Lipinski definition) is 2. The van der Waals surface area contributed by atoms with Gasteiger partial charge in [-0.05, 0) is 50.5 Å². The molecule has 39 heavy (non-hydrogen) atoms. The van der Waals surface area contributed by atoms with E-state index in [2.05, 4.69) is 164 Å². The molecule has 2 N–H and O–H groups in total. The zero-order valence-corrected chi connectivity index (χ0v) is 30.7. The summed E-state index contributed by atoms with van der Waals surface area (Å²) in [5.74, 6) is 0. The van der Waals surface area contributed by atoms with Crippen molar-refractivity contribution in [1.82, 2.24) is 0 Å². The fourth-order valence-electron chi connectivity index (χ4n) is 5.45. The van der Waals surface area contributed by atoms with Crippen LogP contribution >= 0.6 is 0 Å². The van der Waals surface area contributed by atoms with Crippen LogP contribution in [-0.4, -0.2) is 16.5 Å². The molecule has 206 valence electrons. The first-order valence-corrected chi connectivity index (χ1v) is 19.8. The van der Waals surface area contributed by atoms with Crippen LogP contribution in [0.2, 0.25) is 26.2 Å². The molecule has 0 amide bonds. The van der Waals surface area contributed by atoms with E-state index in [9.17, 15) is 0 Å². The first kappa shape index (κ1) is 33.5. The van der Waals surface area contributed by atoms with Gasteiger partial charge >= 0.3 is 26.2 Å². The van der Waals surface area contributed by atoms with Gasteiger partial charge in [0.2, 0.25) is 0 Å². The summed E-state index contributed by atoms with van der Waals surface area (Å²) in [7, 11) is -3.41. The third-order valence-corrected chi connectivity index (χ3v) is 13.7. The Kier molecular flexibility index (Phi) is 10.7. The number of nitrogens with one attached hydrogen (secondary N) is 2. The number of rotatable bonds is 6. The molecule has 2 aromatic rings. The average Bonchev–Trinajstić information content (AvgIpc) is 3.19. The largest absolute Gasteiger partial charge is 2.00 e. The summed E-state index contributed by atoms with van der Waals surface area (Å²) < 4.78 is 0. The van der Waals surface area contributed by atoms with E-state index in [-0.39, 0.29) is 37.0 Å². The van der Waals surface area contributed by atoms with Crippen LogP contribution in [0.3, 0.4) is 0 Å². The molecule has 4 rings (SSSR count). The summed E-state index contributed by atoms with van der Waals surface area (Å²) in [6, 6.07) is 21.0. The Balaban J connectivity index is 0.000000267. The molecule has 2 nitrogen and oxygen atoms in total. The molecular weight excluding hydrogens is 584 g/mol. The van der Waals surface area contributed by atoms with Gasteiger partial charge in [-0.15, -0.1) is 13.8 Å². The van der Waals surface area contributed by atoms with Crippen LogP contribution < -0.4 is 9.96 Å². The van der Waals surface area contributed by atoms with E-state index in [0.29, 0.717) is 0 Å². The molecule has 0 aliphatic heterocycles. The molecule has 0 saturated carbocycles. The summed E-state index contributed by atoms with van der Waals surface area (Å²) in [5.41, 5.74) is 8.38. The van der Waals surface area contributed by atoms with Crippen LogP contribution in [0, 0.1) is 23.0 Å². The van der Waals surface area contributed by atoms with Gasteiger partial charge in [-0.25, -0.2) is 10.4 Å². The predicted molar refractivity (Wildman–Crippen MR) is 173 cm³/mol. The summed E-state index contributed by atoms with van der Waals surface area (Å²) in [5, 5.41) is 2.86. The van der Waals surface area contributed by atoms with Crippen LogP contribution in [0.5, 0.6) is 0 Å². The Morgan fingerprint density at radius 1 is 0.538 bits per heavy atom. The normalized spacial score (nSPS) is 18.1. The minimum absolute atomic E-state index is 0. The molecule has 0 radical (unpaired) electrons. The first-order valence-electron chi connectivity index (χ1n) is 13.8. The third kappa shape index (κ3) is 7.74. The van der Waals surface area contributed by atoms with Crippen molar-refractivity contribution in [3.63, 3.8) is 0 Å². The standard InChI is InChI=1S/2C17H24NSi.Zr/c2*1-13-14(2)17(3,4)12-16(13)19(5,6)18-15-10-8-7-9-11-15;/h2*7-11,18H,1-6H3;/q2*-1;+2. The van der Waals surface area contributed by atoms with Gasteiger partial charge in [-0.2, -0.15) is 22.3 Å². The monoisotopic (exact) mass is 630 g/mol. The van der Waals surface area contributed by atoms with E-state index in [1.165, 1.54) is 44.1 Å². The van der Waals surface area contributed by atoms with Crippen LogP contribution in [0.4, 0.5) is 11.4 Å². The number of hydrogen-bond donors (Lipinski definition) is 2. The zero-order chi connectivity index (χ0) is 28.5. The van der Waals surface area contributed by atoms with Crippen molar-refractivity contribution in [3.8, 4) is 0 Å².